The molecular formula is C22H24BrClFN5O3. The van der Waals surface area contributed by atoms with Crippen molar-refractivity contribution in [3.05, 3.63) is 37.3 Å². The summed E-state index contributed by atoms with van der Waals surface area (Å²) in [7, 11) is 1.97. The van der Waals surface area contributed by atoms with E-state index in [1.165, 1.54) is 9.47 Å². The number of likely N-dealkylation sites (N-methyl/N-ethyl adjacent to an activating group) is 1. The van der Waals surface area contributed by atoms with Gasteiger partial charge in [-0.25, -0.2) is 9.18 Å². The maximum Gasteiger partial charge on any atom is 0.407 e. The van der Waals surface area contributed by atoms with Crippen LogP contribution in [0.3, 0.4) is 0 Å². The summed E-state index contributed by atoms with van der Waals surface area (Å²) in [6, 6.07) is 3.29. The maximum atomic E-state index is 15.6. The van der Waals surface area contributed by atoms with Crippen LogP contribution < -0.4 is 10.5 Å². The Kier molecular flexibility index (Phi) is 6.58. The van der Waals surface area contributed by atoms with Crippen molar-refractivity contribution in [3.63, 3.8) is 0 Å². The zero-order chi connectivity index (χ0) is 24.0. The predicted molar refractivity (Wildman–Crippen MR) is 128 cm³/mol. The second kappa shape index (κ2) is 9.12. The number of rotatable bonds is 3. The third kappa shape index (κ3) is 4.07. The van der Waals surface area contributed by atoms with E-state index in [4.69, 9.17) is 11.6 Å². The zero-order valence-electron chi connectivity index (χ0n) is 18.3. The van der Waals surface area contributed by atoms with Gasteiger partial charge in [-0.3, -0.25) is 4.79 Å². The number of carboxylic acid groups (broad SMARTS) is 1. The van der Waals surface area contributed by atoms with Crippen LogP contribution in [-0.2, 0) is 6.54 Å². The maximum absolute atomic E-state index is 15.6. The molecule has 2 aliphatic heterocycles. The summed E-state index contributed by atoms with van der Waals surface area (Å²) < 4.78 is 17.0. The van der Waals surface area contributed by atoms with Gasteiger partial charge < -0.3 is 24.4 Å². The lowest BCUT2D eigenvalue weighted by Gasteiger charge is -2.40. The Morgan fingerprint density at radius 2 is 2.12 bits per heavy atom. The number of carbonyl (C=O) groups is 1. The van der Waals surface area contributed by atoms with Gasteiger partial charge in [-0.05, 0) is 55.4 Å². The van der Waals surface area contributed by atoms with Gasteiger partial charge in [-0.2, -0.15) is 5.26 Å². The number of benzene rings is 1. The number of halogens is 3. The second-order valence-electron chi connectivity index (χ2n) is 8.68. The molecule has 2 aromatic rings. The highest BCUT2D eigenvalue weighted by atomic mass is 79.9. The summed E-state index contributed by atoms with van der Waals surface area (Å²) in [6.45, 7) is 3.64. The Morgan fingerprint density at radius 1 is 1.39 bits per heavy atom. The van der Waals surface area contributed by atoms with Gasteiger partial charge in [0, 0.05) is 43.6 Å². The van der Waals surface area contributed by atoms with Crippen molar-refractivity contribution in [2.24, 2.45) is 0 Å². The number of nitrogens with zero attached hydrogens (tertiary/aromatic N) is 5. The van der Waals surface area contributed by atoms with E-state index < -0.39 is 17.5 Å². The van der Waals surface area contributed by atoms with Crippen molar-refractivity contribution in [2.45, 2.75) is 38.4 Å². The number of anilines is 1. The normalized spacial score (nSPS) is 21.6. The summed E-state index contributed by atoms with van der Waals surface area (Å²) in [4.78, 5) is 30.3. The SMILES string of the molecule is C[C@@H]1CN(c2c(C#N)c(=O)n(C[C@@H]3CCCN3C)c3c(F)c(Br)c(Cl)cc23)CCN1C(=O)O. The first-order chi connectivity index (χ1) is 15.6. The van der Waals surface area contributed by atoms with Crippen molar-refractivity contribution < 1.29 is 14.3 Å². The highest BCUT2D eigenvalue weighted by Gasteiger charge is 2.33. The number of likely N-dealkylation sites (tertiary alicyclic amines) is 1. The largest absolute Gasteiger partial charge is 0.465 e. The number of hydrogen-bond acceptors (Lipinski definition) is 5. The Balaban J connectivity index is 1.95. The van der Waals surface area contributed by atoms with Gasteiger partial charge in [0.2, 0.25) is 0 Å². The Hall–Kier alpha value is -2.35. The Morgan fingerprint density at radius 3 is 2.70 bits per heavy atom. The molecule has 2 atom stereocenters. The molecule has 2 saturated heterocycles. The van der Waals surface area contributed by atoms with E-state index in [9.17, 15) is 20.0 Å². The summed E-state index contributed by atoms with van der Waals surface area (Å²) >= 11 is 9.50. The summed E-state index contributed by atoms with van der Waals surface area (Å²) in [5.41, 5.74) is -0.240. The van der Waals surface area contributed by atoms with Crippen molar-refractivity contribution in [2.75, 3.05) is 38.1 Å². The van der Waals surface area contributed by atoms with E-state index in [0.29, 0.717) is 11.1 Å². The molecule has 176 valence electrons. The highest BCUT2D eigenvalue weighted by Crippen LogP contribution is 2.38. The molecule has 0 radical (unpaired) electrons. The molecule has 3 heterocycles. The fourth-order valence-corrected chi connectivity index (χ4v) is 5.47. The van der Waals surface area contributed by atoms with Gasteiger partial charge in [0.1, 0.15) is 11.6 Å². The van der Waals surface area contributed by atoms with Gasteiger partial charge in [-0.1, -0.05) is 11.6 Å². The molecule has 2 fully saturated rings. The van der Waals surface area contributed by atoms with Crippen molar-refractivity contribution in [3.8, 4) is 6.07 Å². The lowest BCUT2D eigenvalue weighted by Crippen LogP contribution is -2.54. The Bertz CT molecular complexity index is 1230. The van der Waals surface area contributed by atoms with Crippen molar-refractivity contribution in [1.82, 2.24) is 14.4 Å². The number of piperazine rings is 1. The molecule has 0 bridgehead atoms. The minimum absolute atomic E-state index is 0.0521. The van der Waals surface area contributed by atoms with Gasteiger partial charge in [-0.15, -0.1) is 0 Å². The molecule has 0 aliphatic carbocycles. The first-order valence-electron chi connectivity index (χ1n) is 10.7. The smallest absolute Gasteiger partial charge is 0.407 e. The minimum atomic E-state index is -1.03. The quantitative estimate of drug-likeness (QED) is 0.597. The second-order valence-corrected chi connectivity index (χ2v) is 9.88. The van der Waals surface area contributed by atoms with Gasteiger partial charge in [0.25, 0.3) is 5.56 Å². The van der Waals surface area contributed by atoms with E-state index in [2.05, 4.69) is 20.8 Å². The molecule has 0 unspecified atom stereocenters. The lowest BCUT2D eigenvalue weighted by molar-refractivity contribution is 0.123. The van der Waals surface area contributed by atoms with Crippen LogP contribution in [0.1, 0.15) is 25.3 Å². The molecular weight excluding hydrogens is 517 g/mol. The third-order valence-electron chi connectivity index (χ3n) is 6.72. The number of amides is 1. The molecule has 8 nitrogen and oxygen atoms in total. The van der Waals surface area contributed by atoms with E-state index >= 15 is 4.39 Å². The average Bonchev–Trinajstić information content (AvgIpc) is 3.17. The molecule has 1 aromatic heterocycles. The minimum Gasteiger partial charge on any atom is -0.465 e. The summed E-state index contributed by atoms with van der Waals surface area (Å²) in [6.07, 6.45) is 0.835. The van der Waals surface area contributed by atoms with Gasteiger partial charge in [0.15, 0.2) is 5.82 Å². The summed E-state index contributed by atoms with van der Waals surface area (Å²) in [5, 5.41) is 19.9. The zero-order valence-corrected chi connectivity index (χ0v) is 20.7. The van der Waals surface area contributed by atoms with E-state index in [0.717, 1.165) is 19.4 Å². The number of nitriles is 1. The monoisotopic (exact) mass is 539 g/mol. The van der Waals surface area contributed by atoms with Crippen LogP contribution in [0.25, 0.3) is 10.9 Å². The molecule has 1 N–H and O–H groups in total. The van der Waals surface area contributed by atoms with Crippen molar-refractivity contribution >= 4 is 50.2 Å². The number of hydrogen-bond donors (Lipinski definition) is 1. The molecule has 1 aromatic carbocycles. The van der Waals surface area contributed by atoms with Crippen molar-refractivity contribution in [1.29, 1.82) is 5.26 Å². The van der Waals surface area contributed by atoms with Crippen LogP contribution in [0, 0.1) is 17.1 Å². The molecule has 11 heteroatoms. The van der Waals surface area contributed by atoms with Crippen LogP contribution in [0.15, 0.2) is 15.3 Å². The fourth-order valence-electron chi connectivity index (χ4n) is 4.97. The van der Waals surface area contributed by atoms with Crippen LogP contribution in [0.4, 0.5) is 14.9 Å². The van der Waals surface area contributed by atoms with Crippen LogP contribution in [0.5, 0.6) is 0 Å². The molecule has 0 saturated carbocycles. The molecule has 33 heavy (non-hydrogen) atoms. The van der Waals surface area contributed by atoms with E-state index in [1.54, 1.807) is 17.9 Å². The topological polar surface area (TPSA) is 92.8 Å². The standard InChI is InChI=1S/C22H24BrClFN5O3/c1-12-10-28(6-7-29(12)22(32)33)19-14-8-16(24)17(23)18(25)20(14)30(21(31)15(19)9-26)11-13-4-3-5-27(13)2/h8,12-13H,3-7,10-11H2,1-2H3,(H,32,33)/t12-,13+/m1/s1. The third-order valence-corrected chi connectivity index (χ3v) is 8.03. The molecule has 2 aliphatic rings. The van der Waals surface area contributed by atoms with E-state index in [1.807, 2.05) is 13.1 Å². The van der Waals surface area contributed by atoms with Crippen LogP contribution in [-0.4, -0.2) is 70.9 Å². The van der Waals surface area contributed by atoms with E-state index in [-0.39, 0.29) is 58.8 Å². The van der Waals surface area contributed by atoms with Gasteiger partial charge in [0.05, 0.1) is 20.7 Å². The lowest BCUT2D eigenvalue weighted by atomic mass is 10.0. The van der Waals surface area contributed by atoms with Crippen LogP contribution >= 0.6 is 27.5 Å². The molecule has 4 rings (SSSR count). The first-order valence-corrected chi connectivity index (χ1v) is 11.9. The van der Waals surface area contributed by atoms with Gasteiger partial charge >= 0.3 is 6.09 Å². The predicted octanol–water partition coefficient (Wildman–Crippen LogP) is 3.71. The number of aromatic nitrogens is 1. The number of fused-ring (bicyclic) bond motifs is 1. The summed E-state index contributed by atoms with van der Waals surface area (Å²) in [5.74, 6) is -0.654. The molecule has 0 spiro atoms. The number of pyridine rings is 1. The first kappa shape index (κ1) is 23.8. The fraction of sp³-hybridized carbons (Fsp3) is 0.500. The van der Waals surface area contributed by atoms with Crippen LogP contribution in [0.2, 0.25) is 5.02 Å². The highest BCUT2D eigenvalue weighted by molar-refractivity contribution is 9.10. The Labute approximate surface area is 203 Å². The molecule has 1 amide bonds. The average molecular weight is 541 g/mol.